The molecule has 210 valence electrons. The van der Waals surface area contributed by atoms with E-state index in [0.29, 0.717) is 59.2 Å². The van der Waals surface area contributed by atoms with E-state index >= 15 is 0 Å². The second-order valence-corrected chi connectivity index (χ2v) is 10.9. The maximum Gasteiger partial charge on any atom is 0.276 e. The summed E-state index contributed by atoms with van der Waals surface area (Å²) >= 11 is 1.30. The number of carbonyl (C=O) groups excluding carboxylic acids is 2. The van der Waals surface area contributed by atoms with Gasteiger partial charge in [-0.15, -0.1) is 11.3 Å². The predicted molar refractivity (Wildman–Crippen MR) is 150 cm³/mol. The van der Waals surface area contributed by atoms with Gasteiger partial charge in [-0.1, -0.05) is 5.16 Å². The van der Waals surface area contributed by atoms with Crippen LogP contribution >= 0.6 is 11.3 Å². The number of piperidine rings is 1. The molecule has 1 fully saturated rings. The Morgan fingerprint density at radius 3 is 2.64 bits per heavy atom. The number of hydrogen-bond donors (Lipinski definition) is 0. The lowest BCUT2D eigenvalue weighted by Crippen LogP contribution is -2.39. The Balaban J connectivity index is 1.21. The predicted octanol–water partition coefficient (Wildman–Crippen LogP) is 4.75. The number of thiazole rings is 1. The highest BCUT2D eigenvalue weighted by Crippen LogP contribution is 2.35. The van der Waals surface area contributed by atoms with Crippen molar-refractivity contribution in [3.05, 3.63) is 95.0 Å². The zero-order chi connectivity index (χ0) is 28.6. The molecule has 0 N–H and O–H groups in total. The summed E-state index contributed by atoms with van der Waals surface area (Å²) in [6.07, 6.45) is 8.04. The molecule has 0 atom stereocenters. The van der Waals surface area contributed by atoms with Crippen LogP contribution in [-0.4, -0.2) is 64.0 Å². The smallest absolute Gasteiger partial charge is 0.276 e. The van der Waals surface area contributed by atoms with Gasteiger partial charge in [-0.25, -0.2) is 18.9 Å². The van der Waals surface area contributed by atoms with Crippen LogP contribution < -0.4 is 0 Å². The largest absolute Gasteiger partial charge is 0.364 e. The first kappa shape index (κ1) is 25.9. The molecule has 0 radical (unpaired) electrons. The summed E-state index contributed by atoms with van der Waals surface area (Å²) in [6, 6.07) is 11.6. The van der Waals surface area contributed by atoms with E-state index in [-0.39, 0.29) is 30.0 Å². The van der Waals surface area contributed by atoms with Gasteiger partial charge in [0.05, 0.1) is 46.4 Å². The number of ketones is 1. The van der Waals surface area contributed by atoms with E-state index in [0.717, 1.165) is 11.3 Å². The fourth-order valence-electron chi connectivity index (χ4n) is 5.29. The second-order valence-electron chi connectivity index (χ2n) is 9.98. The maximum absolute atomic E-state index is 13.8. The van der Waals surface area contributed by atoms with E-state index in [4.69, 9.17) is 14.6 Å². The molecule has 6 heterocycles. The highest BCUT2D eigenvalue weighted by molar-refractivity contribution is 7.11. The number of carbonyl (C=O) groups is 2. The Bertz CT molecular complexity index is 1870. The van der Waals surface area contributed by atoms with Gasteiger partial charge in [0.15, 0.2) is 17.1 Å². The number of nitrogens with zero attached hydrogens (tertiary/aromatic N) is 8. The van der Waals surface area contributed by atoms with Crippen LogP contribution in [-0.2, 0) is 6.42 Å². The Morgan fingerprint density at radius 2 is 1.90 bits per heavy atom. The molecule has 1 amide bonds. The average Bonchev–Trinajstić information content (AvgIpc) is 3.83. The molecule has 0 aliphatic carbocycles. The van der Waals surface area contributed by atoms with Gasteiger partial charge < -0.3 is 14.0 Å². The van der Waals surface area contributed by atoms with Gasteiger partial charge in [-0.3, -0.25) is 14.6 Å². The zero-order valence-corrected chi connectivity index (χ0v) is 22.9. The van der Waals surface area contributed by atoms with Crippen LogP contribution in [0.3, 0.4) is 0 Å². The first-order chi connectivity index (χ1) is 20.5. The highest BCUT2D eigenvalue weighted by atomic mass is 32.1. The standard InChI is InChI=1S/C29H23FN8O3S/c30-19-3-1-18(2-4-19)27-28(37(16-32-27)21-7-10-36(11-8-21)29(40)23-9-12-41-35-23)22-5-6-26-33-20(15-38(26)34-22)13-24(39)25-14-31-17-42-25/h1-6,9,12,14-17,21H,7-8,10-11,13H2. The van der Waals surface area contributed by atoms with E-state index < -0.39 is 0 Å². The number of halogens is 1. The van der Waals surface area contributed by atoms with Gasteiger partial charge >= 0.3 is 0 Å². The molecule has 0 bridgehead atoms. The summed E-state index contributed by atoms with van der Waals surface area (Å²) in [7, 11) is 0. The number of aromatic nitrogens is 7. The fourth-order valence-corrected chi connectivity index (χ4v) is 5.85. The van der Waals surface area contributed by atoms with Crippen molar-refractivity contribution in [3.63, 3.8) is 0 Å². The third-order valence-electron chi connectivity index (χ3n) is 7.37. The molecule has 42 heavy (non-hydrogen) atoms. The quantitative estimate of drug-likeness (QED) is 0.247. The number of rotatable bonds is 7. The van der Waals surface area contributed by atoms with E-state index in [1.807, 2.05) is 12.1 Å². The molecule has 1 saturated heterocycles. The molecule has 0 spiro atoms. The number of fused-ring (bicyclic) bond motifs is 1. The van der Waals surface area contributed by atoms with Crippen LogP contribution in [0.15, 0.2) is 77.5 Å². The summed E-state index contributed by atoms with van der Waals surface area (Å²) in [4.78, 5) is 41.1. The molecule has 1 aliphatic heterocycles. The van der Waals surface area contributed by atoms with Crippen molar-refractivity contribution in [2.75, 3.05) is 13.1 Å². The maximum atomic E-state index is 13.8. The van der Waals surface area contributed by atoms with Gasteiger partial charge in [0.25, 0.3) is 5.91 Å². The zero-order valence-electron chi connectivity index (χ0n) is 22.1. The molecule has 7 rings (SSSR count). The molecule has 5 aromatic heterocycles. The van der Waals surface area contributed by atoms with Crippen molar-refractivity contribution in [2.45, 2.75) is 25.3 Å². The number of likely N-dealkylation sites (tertiary alicyclic amines) is 1. The summed E-state index contributed by atoms with van der Waals surface area (Å²) in [5.41, 5.74) is 6.00. The number of Topliss-reactive ketones (excluding diaryl/α,β-unsaturated/α-hetero) is 1. The first-order valence-corrected chi connectivity index (χ1v) is 14.2. The van der Waals surface area contributed by atoms with E-state index in [2.05, 4.69) is 19.7 Å². The highest BCUT2D eigenvalue weighted by Gasteiger charge is 2.29. The lowest BCUT2D eigenvalue weighted by molar-refractivity contribution is 0.0684. The summed E-state index contributed by atoms with van der Waals surface area (Å²) < 4.78 is 22.4. The summed E-state index contributed by atoms with van der Waals surface area (Å²) in [5, 5.41) is 8.64. The molecule has 1 aliphatic rings. The van der Waals surface area contributed by atoms with Crippen molar-refractivity contribution in [1.29, 1.82) is 0 Å². The molecule has 13 heteroatoms. The number of imidazole rings is 2. The third kappa shape index (κ3) is 4.87. The van der Waals surface area contributed by atoms with Crippen molar-refractivity contribution >= 4 is 28.7 Å². The van der Waals surface area contributed by atoms with Crippen molar-refractivity contribution in [3.8, 4) is 22.6 Å². The molecule has 11 nitrogen and oxygen atoms in total. The van der Waals surface area contributed by atoms with Gasteiger partial charge in [-0.2, -0.15) is 5.10 Å². The van der Waals surface area contributed by atoms with Gasteiger partial charge in [0, 0.05) is 37.0 Å². The minimum Gasteiger partial charge on any atom is -0.364 e. The third-order valence-corrected chi connectivity index (χ3v) is 8.19. The molecular formula is C29H23FN8O3S. The van der Waals surface area contributed by atoms with E-state index in [9.17, 15) is 14.0 Å². The number of amides is 1. The molecule has 6 aromatic rings. The minimum absolute atomic E-state index is 0.0498. The monoisotopic (exact) mass is 582 g/mol. The normalized spacial score (nSPS) is 14.1. The molecule has 0 saturated carbocycles. The molecular weight excluding hydrogens is 559 g/mol. The molecule has 1 aromatic carbocycles. The molecule has 0 unspecified atom stereocenters. The van der Waals surface area contributed by atoms with Crippen LogP contribution in [0, 0.1) is 5.82 Å². The van der Waals surface area contributed by atoms with E-state index in [1.54, 1.807) is 51.8 Å². The van der Waals surface area contributed by atoms with Crippen LogP contribution in [0.25, 0.3) is 28.3 Å². The van der Waals surface area contributed by atoms with Crippen molar-refractivity contribution < 1.29 is 18.5 Å². The number of hydrogen-bond acceptors (Lipinski definition) is 9. The van der Waals surface area contributed by atoms with Gasteiger partial charge in [-0.05, 0) is 49.2 Å². The van der Waals surface area contributed by atoms with Crippen LogP contribution in [0.5, 0.6) is 0 Å². The van der Waals surface area contributed by atoms with Crippen LogP contribution in [0.1, 0.15) is 44.7 Å². The topological polar surface area (TPSA) is 124 Å². The van der Waals surface area contributed by atoms with Crippen molar-refractivity contribution in [1.82, 2.24) is 39.2 Å². The summed E-state index contributed by atoms with van der Waals surface area (Å²) in [6.45, 7) is 1.09. The Kier molecular flexibility index (Phi) is 6.62. The van der Waals surface area contributed by atoms with Crippen LogP contribution in [0.4, 0.5) is 4.39 Å². The van der Waals surface area contributed by atoms with Crippen molar-refractivity contribution in [2.24, 2.45) is 0 Å². The van der Waals surface area contributed by atoms with Gasteiger partial charge in [0.2, 0.25) is 0 Å². The fraction of sp³-hybridized carbons (Fsp3) is 0.207. The Labute approximate surface area is 242 Å². The SMILES string of the molecule is O=C(Cc1cn2nc(-c3c(-c4ccc(F)cc4)ncn3C3CCN(C(=O)c4ccon4)CC3)ccc2n1)c1cncs1. The minimum atomic E-state index is -0.331. The average molecular weight is 583 g/mol. The Hall–Kier alpha value is -5.04. The van der Waals surface area contributed by atoms with Crippen LogP contribution in [0.2, 0.25) is 0 Å². The first-order valence-electron chi connectivity index (χ1n) is 13.3. The number of benzene rings is 1. The lowest BCUT2D eigenvalue weighted by atomic mass is 10.0. The second kappa shape index (κ2) is 10.7. The van der Waals surface area contributed by atoms with E-state index in [1.165, 1.54) is 29.7 Å². The van der Waals surface area contributed by atoms with Gasteiger partial charge in [0.1, 0.15) is 17.8 Å². The Morgan fingerprint density at radius 1 is 1.07 bits per heavy atom. The lowest BCUT2D eigenvalue weighted by Gasteiger charge is -2.33. The summed E-state index contributed by atoms with van der Waals surface area (Å²) in [5.74, 6) is -0.537.